The molecule has 34 heavy (non-hydrogen) atoms. The number of hydrogen-bond acceptors (Lipinski definition) is 4. The lowest BCUT2D eigenvalue weighted by Crippen LogP contribution is -2.16. The Balaban J connectivity index is 1.65. The number of amides is 2. The molecule has 4 aromatic rings. The van der Waals surface area contributed by atoms with Gasteiger partial charge in [-0.25, -0.2) is 0 Å². The van der Waals surface area contributed by atoms with Gasteiger partial charge in [-0.15, -0.1) is 0 Å². The van der Waals surface area contributed by atoms with Gasteiger partial charge in [0.05, 0.1) is 35.1 Å². The van der Waals surface area contributed by atoms with E-state index in [9.17, 15) is 9.59 Å². The van der Waals surface area contributed by atoms with Crippen molar-refractivity contribution in [1.82, 2.24) is 4.98 Å². The second-order valence-electron chi connectivity index (χ2n) is 7.37. The highest BCUT2D eigenvalue weighted by molar-refractivity contribution is 6.35. The van der Waals surface area contributed by atoms with Crippen LogP contribution in [0.5, 0.6) is 11.5 Å². The predicted octanol–water partition coefficient (Wildman–Crippen LogP) is 6.12. The summed E-state index contributed by atoms with van der Waals surface area (Å²) in [5.41, 5.74) is 2.41. The number of benzene rings is 3. The minimum Gasteiger partial charge on any atom is -0.492 e. The molecule has 0 saturated heterocycles. The molecular formula is C26H24ClN3O4. The Labute approximate surface area is 202 Å². The van der Waals surface area contributed by atoms with Crippen LogP contribution in [-0.2, 0) is 0 Å². The van der Waals surface area contributed by atoms with Gasteiger partial charge in [-0.1, -0.05) is 41.9 Å². The Morgan fingerprint density at radius 3 is 2.03 bits per heavy atom. The van der Waals surface area contributed by atoms with Crippen LogP contribution in [0.1, 0.15) is 34.7 Å². The summed E-state index contributed by atoms with van der Waals surface area (Å²) in [7, 11) is 0. The topological polar surface area (TPSA) is 92.4 Å². The molecule has 0 spiro atoms. The standard InChI is InChI=1S/C26H24ClN3O4/c1-3-33-22-15-20(30-26(32)21-13-17-11-8-12-18(27)24(17)28-21)23(34-4-2)14-19(22)29-25(31)16-9-6-5-7-10-16/h5-15,28H,3-4H2,1-2H3,(H,29,31)(H,30,32). The van der Waals surface area contributed by atoms with E-state index in [-0.39, 0.29) is 11.8 Å². The number of ether oxygens (including phenoxy) is 2. The van der Waals surface area contributed by atoms with Crippen LogP contribution in [0.2, 0.25) is 5.02 Å². The van der Waals surface area contributed by atoms with Crippen LogP contribution < -0.4 is 20.1 Å². The average molecular weight is 478 g/mol. The number of hydrogen-bond donors (Lipinski definition) is 3. The number of nitrogens with one attached hydrogen (secondary N) is 3. The summed E-state index contributed by atoms with van der Waals surface area (Å²) in [6, 6.07) is 19.3. The highest BCUT2D eigenvalue weighted by Crippen LogP contribution is 2.37. The van der Waals surface area contributed by atoms with Crippen molar-refractivity contribution < 1.29 is 19.1 Å². The maximum Gasteiger partial charge on any atom is 0.272 e. The molecule has 8 heteroatoms. The number of H-pyrrole nitrogens is 1. The van der Waals surface area contributed by atoms with Crippen LogP contribution in [0.15, 0.2) is 66.7 Å². The summed E-state index contributed by atoms with van der Waals surface area (Å²) in [4.78, 5) is 28.8. The zero-order valence-corrected chi connectivity index (χ0v) is 19.5. The number of anilines is 2. The number of aromatic amines is 1. The summed E-state index contributed by atoms with van der Waals surface area (Å²) in [5, 5.41) is 7.10. The van der Waals surface area contributed by atoms with E-state index >= 15 is 0 Å². The third kappa shape index (κ3) is 5.00. The molecule has 7 nitrogen and oxygen atoms in total. The first-order valence-corrected chi connectivity index (χ1v) is 11.3. The van der Waals surface area contributed by atoms with Crippen LogP contribution in [0, 0.1) is 0 Å². The predicted molar refractivity (Wildman–Crippen MR) is 134 cm³/mol. The third-order valence-corrected chi connectivity index (χ3v) is 5.38. The van der Waals surface area contributed by atoms with Gasteiger partial charge in [0.25, 0.3) is 11.8 Å². The molecule has 0 fully saturated rings. The molecule has 0 aliphatic carbocycles. The molecule has 0 saturated carbocycles. The van der Waals surface area contributed by atoms with Gasteiger partial charge in [-0.3, -0.25) is 9.59 Å². The fourth-order valence-corrected chi connectivity index (χ4v) is 3.75. The van der Waals surface area contributed by atoms with Gasteiger partial charge >= 0.3 is 0 Å². The van der Waals surface area contributed by atoms with Crippen molar-refractivity contribution in [3.8, 4) is 11.5 Å². The van der Waals surface area contributed by atoms with E-state index < -0.39 is 0 Å². The van der Waals surface area contributed by atoms with E-state index in [1.54, 1.807) is 48.5 Å². The number of para-hydroxylation sites is 1. The first-order chi connectivity index (χ1) is 16.5. The van der Waals surface area contributed by atoms with Crippen molar-refractivity contribution in [3.63, 3.8) is 0 Å². The number of carbonyl (C=O) groups is 2. The molecule has 2 amide bonds. The summed E-state index contributed by atoms with van der Waals surface area (Å²) < 4.78 is 11.5. The van der Waals surface area contributed by atoms with E-state index in [4.69, 9.17) is 21.1 Å². The monoisotopic (exact) mass is 477 g/mol. The molecule has 1 aromatic heterocycles. The Morgan fingerprint density at radius 1 is 0.824 bits per heavy atom. The van der Waals surface area contributed by atoms with Crippen LogP contribution in [0.4, 0.5) is 11.4 Å². The fourth-order valence-electron chi connectivity index (χ4n) is 3.52. The first kappa shape index (κ1) is 23.2. The van der Waals surface area contributed by atoms with Gasteiger partial charge < -0.3 is 25.1 Å². The summed E-state index contributed by atoms with van der Waals surface area (Å²) in [5.74, 6) is 0.162. The minimum absolute atomic E-state index is 0.282. The largest absolute Gasteiger partial charge is 0.492 e. The molecule has 0 aliphatic rings. The van der Waals surface area contributed by atoms with Gasteiger partial charge in [0.2, 0.25) is 0 Å². The fraction of sp³-hybridized carbons (Fsp3) is 0.154. The quantitative estimate of drug-likeness (QED) is 0.285. The second kappa shape index (κ2) is 10.3. The molecule has 4 rings (SSSR count). The van der Waals surface area contributed by atoms with Gasteiger partial charge in [0.1, 0.15) is 17.2 Å². The van der Waals surface area contributed by atoms with E-state index in [0.717, 1.165) is 5.39 Å². The molecule has 3 aromatic carbocycles. The molecule has 0 bridgehead atoms. The number of rotatable bonds is 8. The zero-order chi connectivity index (χ0) is 24.1. The molecule has 0 radical (unpaired) electrons. The molecule has 0 aliphatic heterocycles. The number of aromatic nitrogens is 1. The summed E-state index contributed by atoms with van der Waals surface area (Å²) >= 11 is 6.23. The molecule has 0 atom stereocenters. The van der Waals surface area contributed by atoms with Crippen LogP contribution >= 0.6 is 11.6 Å². The van der Waals surface area contributed by atoms with Gasteiger partial charge in [-0.2, -0.15) is 0 Å². The third-order valence-electron chi connectivity index (χ3n) is 5.06. The lowest BCUT2D eigenvalue weighted by Gasteiger charge is -2.17. The van der Waals surface area contributed by atoms with Crippen LogP contribution in [0.25, 0.3) is 10.9 Å². The normalized spacial score (nSPS) is 10.7. The van der Waals surface area contributed by atoms with Gasteiger partial charge in [0.15, 0.2) is 0 Å². The molecular weight excluding hydrogens is 454 g/mol. The number of fused-ring (bicyclic) bond motifs is 1. The van der Waals surface area contributed by atoms with E-state index in [0.29, 0.717) is 57.9 Å². The maximum absolute atomic E-state index is 13.0. The van der Waals surface area contributed by atoms with Crippen LogP contribution in [-0.4, -0.2) is 30.0 Å². The molecule has 0 unspecified atom stereocenters. The second-order valence-corrected chi connectivity index (χ2v) is 7.78. The molecule has 1 heterocycles. The number of carbonyl (C=O) groups excluding carboxylic acids is 2. The summed E-state index contributed by atoms with van der Waals surface area (Å²) in [6.45, 7) is 4.41. The van der Waals surface area contributed by atoms with Crippen molar-refractivity contribution in [2.24, 2.45) is 0 Å². The molecule has 174 valence electrons. The highest BCUT2D eigenvalue weighted by atomic mass is 35.5. The zero-order valence-electron chi connectivity index (χ0n) is 18.8. The van der Waals surface area contributed by atoms with Crippen molar-refractivity contribution in [2.75, 3.05) is 23.8 Å². The Hall–Kier alpha value is -3.97. The van der Waals surface area contributed by atoms with E-state index in [2.05, 4.69) is 15.6 Å². The molecule has 3 N–H and O–H groups in total. The number of halogens is 1. The van der Waals surface area contributed by atoms with Crippen molar-refractivity contribution >= 4 is 45.7 Å². The van der Waals surface area contributed by atoms with Crippen molar-refractivity contribution in [1.29, 1.82) is 0 Å². The Morgan fingerprint density at radius 2 is 1.44 bits per heavy atom. The summed E-state index contributed by atoms with van der Waals surface area (Å²) in [6.07, 6.45) is 0. The maximum atomic E-state index is 13.0. The minimum atomic E-state index is -0.364. The Bertz CT molecular complexity index is 1330. The lowest BCUT2D eigenvalue weighted by atomic mass is 10.2. The van der Waals surface area contributed by atoms with Crippen LogP contribution in [0.3, 0.4) is 0 Å². The van der Waals surface area contributed by atoms with E-state index in [1.807, 2.05) is 32.0 Å². The van der Waals surface area contributed by atoms with Crippen molar-refractivity contribution in [3.05, 3.63) is 83.0 Å². The smallest absolute Gasteiger partial charge is 0.272 e. The van der Waals surface area contributed by atoms with Gasteiger partial charge in [-0.05, 0) is 38.1 Å². The first-order valence-electron chi connectivity index (χ1n) is 10.9. The van der Waals surface area contributed by atoms with Crippen molar-refractivity contribution in [2.45, 2.75) is 13.8 Å². The highest BCUT2D eigenvalue weighted by Gasteiger charge is 2.18. The van der Waals surface area contributed by atoms with Gasteiger partial charge in [0, 0.05) is 23.1 Å². The lowest BCUT2D eigenvalue weighted by molar-refractivity contribution is 0.101. The van der Waals surface area contributed by atoms with E-state index in [1.165, 1.54) is 0 Å². The average Bonchev–Trinajstić information content (AvgIpc) is 3.28. The Kier molecular flexibility index (Phi) is 7.04. The SMILES string of the molecule is CCOc1cc(NC(=O)c2cc3cccc(Cl)c3[nH]2)c(OCC)cc1NC(=O)c1ccccc1.